The first-order valence-electron chi connectivity index (χ1n) is 5.00. The lowest BCUT2D eigenvalue weighted by Crippen LogP contribution is -2.10. The van der Waals surface area contributed by atoms with Crippen LogP contribution >= 0.6 is 12.4 Å². The van der Waals surface area contributed by atoms with Gasteiger partial charge in [-0.3, -0.25) is 0 Å². The molecule has 1 atom stereocenters. The standard InChI is InChI=1S/C12H19N.ClH/c1-10(2)8-9-12(13)11-6-4-3-5-7-11;/h3-7,10,12H,8-9,13H2,1-2H3;1H/t12-;/m1./s1. The van der Waals surface area contributed by atoms with Crippen molar-refractivity contribution in [2.24, 2.45) is 11.7 Å². The molecule has 0 heterocycles. The predicted molar refractivity (Wildman–Crippen MR) is 64.7 cm³/mol. The number of nitrogens with two attached hydrogens (primary N) is 1. The molecule has 0 spiro atoms. The van der Waals surface area contributed by atoms with Crippen molar-refractivity contribution in [3.05, 3.63) is 35.9 Å². The number of hydrogen-bond acceptors (Lipinski definition) is 1. The number of hydrogen-bond donors (Lipinski definition) is 1. The van der Waals surface area contributed by atoms with Gasteiger partial charge in [-0.15, -0.1) is 12.4 Å². The van der Waals surface area contributed by atoms with Crippen molar-refractivity contribution in [2.75, 3.05) is 0 Å². The third-order valence-electron chi connectivity index (χ3n) is 2.28. The lowest BCUT2D eigenvalue weighted by atomic mass is 9.98. The minimum Gasteiger partial charge on any atom is -0.324 e. The molecule has 0 aliphatic heterocycles. The van der Waals surface area contributed by atoms with Gasteiger partial charge < -0.3 is 5.73 Å². The van der Waals surface area contributed by atoms with E-state index in [-0.39, 0.29) is 18.4 Å². The average Bonchev–Trinajstić information content (AvgIpc) is 2.15. The van der Waals surface area contributed by atoms with E-state index in [1.807, 2.05) is 18.2 Å². The van der Waals surface area contributed by atoms with E-state index in [4.69, 9.17) is 5.73 Å². The molecule has 0 saturated heterocycles. The molecule has 0 unspecified atom stereocenters. The van der Waals surface area contributed by atoms with E-state index in [1.165, 1.54) is 12.0 Å². The monoisotopic (exact) mass is 213 g/mol. The third kappa shape index (κ3) is 4.64. The zero-order chi connectivity index (χ0) is 9.68. The molecule has 0 amide bonds. The summed E-state index contributed by atoms with van der Waals surface area (Å²) in [6.07, 6.45) is 2.29. The highest BCUT2D eigenvalue weighted by Crippen LogP contribution is 2.17. The van der Waals surface area contributed by atoms with Crippen LogP contribution in [0.3, 0.4) is 0 Å². The SMILES string of the molecule is CC(C)CC[C@@H](N)c1ccccc1.Cl. The second kappa shape index (κ2) is 6.86. The Labute approximate surface area is 93.1 Å². The van der Waals surface area contributed by atoms with Crippen molar-refractivity contribution >= 4 is 12.4 Å². The summed E-state index contributed by atoms with van der Waals surface area (Å²) in [5.41, 5.74) is 7.30. The van der Waals surface area contributed by atoms with E-state index in [1.54, 1.807) is 0 Å². The summed E-state index contributed by atoms with van der Waals surface area (Å²) in [6.45, 7) is 4.47. The molecule has 0 radical (unpaired) electrons. The minimum absolute atomic E-state index is 0. The van der Waals surface area contributed by atoms with Crippen molar-refractivity contribution in [2.45, 2.75) is 32.7 Å². The molecule has 0 fully saturated rings. The van der Waals surface area contributed by atoms with Crippen LogP contribution in [0.5, 0.6) is 0 Å². The summed E-state index contributed by atoms with van der Waals surface area (Å²) in [6, 6.07) is 10.5. The largest absolute Gasteiger partial charge is 0.324 e. The van der Waals surface area contributed by atoms with Crippen LogP contribution in [0.15, 0.2) is 30.3 Å². The van der Waals surface area contributed by atoms with Crippen LogP contribution in [-0.4, -0.2) is 0 Å². The summed E-state index contributed by atoms with van der Waals surface area (Å²) >= 11 is 0. The first-order chi connectivity index (χ1) is 6.20. The number of benzene rings is 1. The van der Waals surface area contributed by atoms with Crippen molar-refractivity contribution in [3.63, 3.8) is 0 Å². The van der Waals surface area contributed by atoms with Crippen LogP contribution in [0.1, 0.15) is 38.3 Å². The van der Waals surface area contributed by atoms with Crippen LogP contribution in [0, 0.1) is 5.92 Å². The second-order valence-electron chi connectivity index (χ2n) is 3.99. The fourth-order valence-electron chi connectivity index (χ4n) is 1.38. The lowest BCUT2D eigenvalue weighted by molar-refractivity contribution is 0.507. The summed E-state index contributed by atoms with van der Waals surface area (Å²) in [5.74, 6) is 0.745. The molecule has 2 N–H and O–H groups in total. The molecule has 1 rings (SSSR count). The first kappa shape index (κ1) is 13.5. The second-order valence-corrected chi connectivity index (χ2v) is 3.99. The molecular weight excluding hydrogens is 194 g/mol. The van der Waals surface area contributed by atoms with Gasteiger partial charge in [-0.1, -0.05) is 44.2 Å². The Hall–Kier alpha value is -0.530. The molecule has 0 aliphatic carbocycles. The Bertz CT molecular complexity index is 233. The smallest absolute Gasteiger partial charge is 0.0294 e. The van der Waals surface area contributed by atoms with Gasteiger partial charge in [-0.2, -0.15) is 0 Å². The molecule has 80 valence electrons. The van der Waals surface area contributed by atoms with Gasteiger partial charge in [0.15, 0.2) is 0 Å². The fourth-order valence-corrected chi connectivity index (χ4v) is 1.38. The maximum absolute atomic E-state index is 6.04. The molecule has 2 heteroatoms. The predicted octanol–water partition coefficient (Wildman–Crippen LogP) is 3.54. The van der Waals surface area contributed by atoms with Crippen molar-refractivity contribution in [1.82, 2.24) is 0 Å². The normalized spacial score (nSPS) is 12.3. The zero-order valence-corrected chi connectivity index (χ0v) is 9.76. The highest BCUT2D eigenvalue weighted by atomic mass is 35.5. The molecular formula is C12H20ClN. The van der Waals surface area contributed by atoms with Crippen molar-refractivity contribution in [3.8, 4) is 0 Å². The van der Waals surface area contributed by atoms with Crippen LogP contribution in [0.25, 0.3) is 0 Å². The Balaban J connectivity index is 0.00000169. The van der Waals surface area contributed by atoms with Gasteiger partial charge in [0.1, 0.15) is 0 Å². The molecule has 1 aromatic rings. The van der Waals surface area contributed by atoms with Gasteiger partial charge >= 0.3 is 0 Å². The van der Waals surface area contributed by atoms with E-state index >= 15 is 0 Å². The quantitative estimate of drug-likeness (QED) is 0.814. The van der Waals surface area contributed by atoms with Crippen molar-refractivity contribution < 1.29 is 0 Å². The average molecular weight is 214 g/mol. The van der Waals surface area contributed by atoms with E-state index in [0.717, 1.165) is 12.3 Å². The van der Waals surface area contributed by atoms with Crippen LogP contribution < -0.4 is 5.73 Å². The Morgan fingerprint density at radius 1 is 1.07 bits per heavy atom. The first-order valence-corrected chi connectivity index (χ1v) is 5.00. The zero-order valence-electron chi connectivity index (χ0n) is 8.94. The molecule has 1 aromatic carbocycles. The summed E-state index contributed by atoms with van der Waals surface area (Å²) in [4.78, 5) is 0. The Kier molecular flexibility index (Phi) is 6.60. The Morgan fingerprint density at radius 2 is 1.64 bits per heavy atom. The third-order valence-corrected chi connectivity index (χ3v) is 2.28. The molecule has 0 saturated carbocycles. The van der Waals surface area contributed by atoms with Gasteiger partial charge in [-0.05, 0) is 24.3 Å². The minimum atomic E-state index is 0. The van der Waals surface area contributed by atoms with E-state index < -0.39 is 0 Å². The van der Waals surface area contributed by atoms with Crippen molar-refractivity contribution in [1.29, 1.82) is 0 Å². The highest BCUT2D eigenvalue weighted by molar-refractivity contribution is 5.85. The van der Waals surface area contributed by atoms with E-state index in [0.29, 0.717) is 0 Å². The van der Waals surface area contributed by atoms with Gasteiger partial charge in [0.25, 0.3) is 0 Å². The number of rotatable bonds is 4. The molecule has 1 nitrogen and oxygen atoms in total. The summed E-state index contributed by atoms with van der Waals surface area (Å²) in [5, 5.41) is 0. The topological polar surface area (TPSA) is 26.0 Å². The van der Waals surface area contributed by atoms with Gasteiger partial charge in [0.2, 0.25) is 0 Å². The fraction of sp³-hybridized carbons (Fsp3) is 0.500. The van der Waals surface area contributed by atoms with Crippen LogP contribution in [0.4, 0.5) is 0 Å². The Morgan fingerprint density at radius 3 is 2.14 bits per heavy atom. The molecule has 0 aliphatic rings. The van der Waals surface area contributed by atoms with Crippen LogP contribution in [-0.2, 0) is 0 Å². The van der Waals surface area contributed by atoms with E-state index in [2.05, 4.69) is 26.0 Å². The maximum atomic E-state index is 6.04. The van der Waals surface area contributed by atoms with Gasteiger partial charge in [-0.25, -0.2) is 0 Å². The summed E-state index contributed by atoms with van der Waals surface area (Å²) in [7, 11) is 0. The maximum Gasteiger partial charge on any atom is 0.0294 e. The van der Waals surface area contributed by atoms with Gasteiger partial charge in [0.05, 0.1) is 0 Å². The van der Waals surface area contributed by atoms with Crippen LogP contribution in [0.2, 0.25) is 0 Å². The molecule has 0 bridgehead atoms. The molecule has 14 heavy (non-hydrogen) atoms. The molecule has 0 aromatic heterocycles. The van der Waals surface area contributed by atoms with E-state index in [9.17, 15) is 0 Å². The summed E-state index contributed by atoms with van der Waals surface area (Å²) < 4.78 is 0. The van der Waals surface area contributed by atoms with Gasteiger partial charge in [0, 0.05) is 6.04 Å². The highest BCUT2D eigenvalue weighted by Gasteiger charge is 2.05. The lowest BCUT2D eigenvalue weighted by Gasteiger charge is -2.12. The number of halogens is 1.